The molecule has 0 saturated carbocycles. The van der Waals surface area contributed by atoms with Crippen LogP contribution in [0.25, 0.3) is 0 Å². The highest BCUT2D eigenvalue weighted by Crippen LogP contribution is 2.21. The van der Waals surface area contributed by atoms with Crippen molar-refractivity contribution in [2.75, 3.05) is 6.54 Å². The molecule has 0 bridgehead atoms. The maximum absolute atomic E-state index is 12.2. The van der Waals surface area contributed by atoms with Crippen LogP contribution in [-0.4, -0.2) is 29.6 Å². The van der Waals surface area contributed by atoms with Crippen LogP contribution in [0.1, 0.15) is 40.5 Å². The first kappa shape index (κ1) is 16.0. The second kappa shape index (κ2) is 6.16. The van der Waals surface area contributed by atoms with Crippen molar-refractivity contribution in [3.8, 4) is 0 Å². The summed E-state index contributed by atoms with van der Waals surface area (Å²) in [5.41, 5.74) is 1.47. The molecule has 1 aliphatic rings. The van der Waals surface area contributed by atoms with Gasteiger partial charge in [0.05, 0.1) is 11.1 Å². The maximum atomic E-state index is 12.2. The third kappa shape index (κ3) is 5.14. The molecule has 4 heteroatoms. The quantitative estimate of drug-likeness (QED) is 0.686. The number of carbonyl (C=O) groups is 1. The zero-order valence-corrected chi connectivity index (χ0v) is 13.6. The summed E-state index contributed by atoms with van der Waals surface area (Å²) in [6.45, 7) is 9.46. The third-order valence-corrected chi connectivity index (χ3v) is 4.01. The summed E-state index contributed by atoms with van der Waals surface area (Å²) in [5.74, 6) is 0.123. The van der Waals surface area contributed by atoms with Crippen LogP contribution in [0.15, 0.2) is 30.3 Å². The lowest BCUT2D eigenvalue weighted by molar-refractivity contribution is -0.788. The van der Waals surface area contributed by atoms with Gasteiger partial charge in [0, 0.05) is 18.9 Å². The van der Waals surface area contributed by atoms with Gasteiger partial charge in [-0.05, 0) is 39.8 Å². The maximum Gasteiger partial charge on any atom is 0.275 e. The first-order valence-corrected chi connectivity index (χ1v) is 7.80. The molecule has 1 aliphatic heterocycles. The van der Waals surface area contributed by atoms with E-state index in [2.05, 4.69) is 38.3 Å². The number of carbonyl (C=O) groups excluding carboxylic acids is 1. The molecule has 1 amide bonds. The van der Waals surface area contributed by atoms with E-state index in [-0.39, 0.29) is 23.0 Å². The second-order valence-corrected chi connectivity index (χ2v) is 7.61. The Morgan fingerprint density at radius 2 is 1.76 bits per heavy atom. The molecule has 0 aliphatic carbocycles. The predicted octanol–water partition coefficient (Wildman–Crippen LogP) is 0.281. The minimum Gasteiger partial charge on any atom is -0.348 e. The van der Waals surface area contributed by atoms with Crippen molar-refractivity contribution in [3.05, 3.63) is 30.3 Å². The number of nitrogens with one attached hydrogen (secondary N) is 1. The summed E-state index contributed by atoms with van der Waals surface area (Å²) < 4.78 is 0. The normalized spacial score (nSPS) is 21.0. The Labute approximate surface area is 127 Å². The van der Waals surface area contributed by atoms with Crippen molar-refractivity contribution in [1.82, 2.24) is 5.32 Å². The molecule has 0 atom stereocenters. The molecule has 21 heavy (non-hydrogen) atoms. The van der Waals surface area contributed by atoms with Crippen molar-refractivity contribution >= 4 is 11.6 Å². The number of quaternary nitrogens is 2. The highest BCUT2D eigenvalue weighted by molar-refractivity contribution is 5.77. The highest BCUT2D eigenvalue weighted by Gasteiger charge is 2.42. The van der Waals surface area contributed by atoms with Crippen molar-refractivity contribution in [3.63, 3.8) is 0 Å². The van der Waals surface area contributed by atoms with E-state index < -0.39 is 0 Å². The van der Waals surface area contributed by atoms with Gasteiger partial charge in [-0.25, -0.2) is 0 Å². The van der Waals surface area contributed by atoms with Crippen LogP contribution in [0.5, 0.6) is 0 Å². The van der Waals surface area contributed by atoms with Crippen LogP contribution in [0, 0.1) is 0 Å². The molecule has 0 spiro atoms. The van der Waals surface area contributed by atoms with Gasteiger partial charge in [-0.3, -0.25) is 4.79 Å². The first-order chi connectivity index (χ1) is 9.76. The van der Waals surface area contributed by atoms with E-state index in [1.165, 1.54) is 0 Å². The number of nitrogens with two attached hydrogens (primary N) is 2. The van der Waals surface area contributed by atoms with Crippen LogP contribution >= 0.6 is 0 Å². The van der Waals surface area contributed by atoms with Crippen LogP contribution in [0.4, 0.5) is 5.69 Å². The molecule has 2 rings (SSSR count). The van der Waals surface area contributed by atoms with Gasteiger partial charge >= 0.3 is 0 Å². The van der Waals surface area contributed by atoms with E-state index >= 15 is 0 Å². The zero-order valence-electron chi connectivity index (χ0n) is 13.6. The van der Waals surface area contributed by atoms with Gasteiger partial charge in [-0.15, -0.1) is 0 Å². The Hall–Kier alpha value is -1.39. The van der Waals surface area contributed by atoms with Crippen LogP contribution in [0.2, 0.25) is 0 Å². The number of para-hydroxylation sites is 1. The Kier molecular flexibility index (Phi) is 4.69. The van der Waals surface area contributed by atoms with E-state index in [9.17, 15) is 4.79 Å². The summed E-state index contributed by atoms with van der Waals surface area (Å²) in [6.07, 6.45) is 2.04. The molecule has 0 unspecified atom stereocenters. The highest BCUT2D eigenvalue weighted by atomic mass is 16.2. The van der Waals surface area contributed by atoms with Gasteiger partial charge in [0.15, 0.2) is 6.54 Å². The van der Waals surface area contributed by atoms with Gasteiger partial charge < -0.3 is 16.0 Å². The molecular weight excluding hydrogens is 262 g/mol. The number of hydrogen-bond donors (Lipinski definition) is 3. The average molecular weight is 291 g/mol. The van der Waals surface area contributed by atoms with Crippen molar-refractivity contribution in [2.45, 2.75) is 57.7 Å². The molecule has 116 valence electrons. The van der Waals surface area contributed by atoms with E-state index in [4.69, 9.17) is 0 Å². The monoisotopic (exact) mass is 291 g/mol. The number of rotatable bonds is 4. The lowest BCUT2D eigenvalue weighted by Gasteiger charge is -2.43. The fourth-order valence-corrected chi connectivity index (χ4v) is 3.71. The van der Waals surface area contributed by atoms with Crippen molar-refractivity contribution in [1.29, 1.82) is 0 Å². The van der Waals surface area contributed by atoms with Gasteiger partial charge in [0.1, 0.15) is 5.69 Å². The molecule has 1 aromatic rings. The molecule has 1 heterocycles. The van der Waals surface area contributed by atoms with Crippen LogP contribution in [-0.2, 0) is 4.79 Å². The van der Waals surface area contributed by atoms with Crippen LogP contribution in [0.3, 0.4) is 0 Å². The summed E-state index contributed by atoms with van der Waals surface area (Å²) in [5, 5.41) is 7.63. The van der Waals surface area contributed by atoms with Gasteiger partial charge in [-0.1, -0.05) is 18.2 Å². The fraction of sp³-hybridized carbons (Fsp3) is 0.588. The SMILES string of the molecule is CC1(C)CC(NC(=O)C[NH2+]c2ccccc2)CC(C)(C)[NH2+]1. The van der Waals surface area contributed by atoms with E-state index in [1.807, 2.05) is 35.6 Å². The predicted molar refractivity (Wildman–Crippen MR) is 84.1 cm³/mol. The lowest BCUT2D eigenvalue weighted by atomic mass is 9.79. The number of piperidine rings is 1. The standard InChI is InChI=1S/C17H27N3O/c1-16(2)10-14(11-17(3,4)20-16)19-15(21)12-18-13-8-6-5-7-9-13/h5-9,14,18,20H,10-12H2,1-4H3,(H,19,21)/p+2. The number of amides is 1. The van der Waals surface area contributed by atoms with E-state index in [0.29, 0.717) is 6.54 Å². The number of hydrogen-bond acceptors (Lipinski definition) is 1. The minimum absolute atomic E-state index is 0.123. The summed E-state index contributed by atoms with van der Waals surface area (Å²) in [4.78, 5) is 12.2. The molecule has 0 radical (unpaired) electrons. The van der Waals surface area contributed by atoms with Gasteiger partial charge in [0.2, 0.25) is 0 Å². The molecule has 1 aromatic carbocycles. The molecule has 5 N–H and O–H groups in total. The molecular formula is C17H29N3O+2. The van der Waals surface area contributed by atoms with E-state index in [1.54, 1.807) is 0 Å². The first-order valence-electron chi connectivity index (χ1n) is 7.80. The summed E-state index contributed by atoms with van der Waals surface area (Å²) in [7, 11) is 0. The Balaban J connectivity index is 1.85. The van der Waals surface area contributed by atoms with E-state index in [0.717, 1.165) is 18.5 Å². The Morgan fingerprint density at radius 3 is 2.33 bits per heavy atom. The van der Waals surface area contributed by atoms with Crippen LogP contribution < -0.4 is 16.0 Å². The summed E-state index contributed by atoms with van der Waals surface area (Å²) in [6, 6.07) is 10.3. The van der Waals surface area contributed by atoms with Gasteiger partial charge in [-0.2, -0.15) is 0 Å². The van der Waals surface area contributed by atoms with Gasteiger partial charge in [0.25, 0.3) is 5.91 Å². The lowest BCUT2D eigenvalue weighted by Crippen LogP contribution is -3.06. The van der Waals surface area contributed by atoms with Crippen molar-refractivity contribution < 1.29 is 15.4 Å². The Morgan fingerprint density at radius 1 is 1.19 bits per heavy atom. The molecule has 1 fully saturated rings. The molecule has 4 nitrogen and oxygen atoms in total. The largest absolute Gasteiger partial charge is 0.348 e. The minimum atomic E-state index is 0.123. The zero-order chi connectivity index (χ0) is 15.5. The molecule has 1 saturated heterocycles. The molecule has 0 aromatic heterocycles. The summed E-state index contributed by atoms with van der Waals surface area (Å²) >= 11 is 0. The number of benzene rings is 1. The average Bonchev–Trinajstić information content (AvgIpc) is 2.33. The smallest absolute Gasteiger partial charge is 0.275 e. The Bertz CT molecular complexity index is 466. The second-order valence-electron chi connectivity index (χ2n) is 7.61. The topological polar surface area (TPSA) is 62.3 Å². The van der Waals surface area contributed by atoms with Crippen molar-refractivity contribution in [2.24, 2.45) is 0 Å². The fourth-order valence-electron chi connectivity index (χ4n) is 3.71. The third-order valence-electron chi connectivity index (χ3n) is 4.01.